The van der Waals surface area contributed by atoms with Crippen molar-refractivity contribution in [1.82, 2.24) is 15.1 Å². The number of ether oxygens (including phenoxy) is 1. The van der Waals surface area contributed by atoms with Gasteiger partial charge in [0.05, 0.1) is 30.6 Å². The van der Waals surface area contributed by atoms with E-state index in [0.717, 1.165) is 9.80 Å². The molecule has 148 valence electrons. The van der Waals surface area contributed by atoms with Crippen LogP contribution in [0.1, 0.15) is 26.2 Å². The van der Waals surface area contributed by atoms with Crippen molar-refractivity contribution in [3.63, 3.8) is 0 Å². The van der Waals surface area contributed by atoms with E-state index in [-0.39, 0.29) is 25.3 Å². The number of alkyl halides is 2. The summed E-state index contributed by atoms with van der Waals surface area (Å²) in [6.07, 6.45) is 1.10. The fraction of sp³-hybridized carbons (Fsp3) is 0.765. The summed E-state index contributed by atoms with van der Waals surface area (Å²) < 4.78 is 33.6. The number of halogens is 2. The first kappa shape index (κ1) is 18.3. The van der Waals surface area contributed by atoms with Crippen molar-refractivity contribution < 1.29 is 32.7 Å². The molecule has 5 unspecified atom stereocenters. The molecule has 10 heteroatoms. The molecule has 0 radical (unpaired) electrons. The molecule has 4 aliphatic heterocycles. The van der Waals surface area contributed by atoms with Crippen LogP contribution in [0.3, 0.4) is 0 Å². The molecule has 1 N–H and O–H groups in total. The van der Waals surface area contributed by atoms with Gasteiger partial charge in [-0.1, -0.05) is 0 Å². The van der Waals surface area contributed by atoms with Crippen molar-refractivity contribution >= 4 is 23.6 Å². The second-order valence-corrected chi connectivity index (χ2v) is 7.64. The largest absolute Gasteiger partial charge is 0.373 e. The van der Waals surface area contributed by atoms with E-state index >= 15 is 0 Å². The predicted molar refractivity (Wildman–Crippen MR) is 85.3 cm³/mol. The lowest BCUT2D eigenvalue weighted by Gasteiger charge is -2.33. The first-order chi connectivity index (χ1) is 12.7. The van der Waals surface area contributed by atoms with Crippen LogP contribution < -0.4 is 5.32 Å². The average Bonchev–Trinajstić information content (AvgIpc) is 3.29. The second kappa shape index (κ2) is 6.22. The first-order valence-corrected chi connectivity index (χ1v) is 9.19. The van der Waals surface area contributed by atoms with Crippen molar-refractivity contribution in [1.29, 1.82) is 0 Å². The summed E-state index contributed by atoms with van der Waals surface area (Å²) in [6, 6.07) is -1.19. The maximum absolute atomic E-state index is 14.0. The van der Waals surface area contributed by atoms with Crippen LogP contribution in [-0.2, 0) is 23.9 Å². The Labute approximate surface area is 154 Å². The highest BCUT2D eigenvalue weighted by Gasteiger charge is 2.63. The van der Waals surface area contributed by atoms with E-state index in [1.165, 1.54) is 6.92 Å². The third-order valence-electron chi connectivity index (χ3n) is 5.99. The van der Waals surface area contributed by atoms with Gasteiger partial charge in [-0.05, 0) is 26.2 Å². The second-order valence-electron chi connectivity index (χ2n) is 7.64. The van der Waals surface area contributed by atoms with Crippen molar-refractivity contribution in [2.45, 2.75) is 50.4 Å². The van der Waals surface area contributed by atoms with E-state index in [9.17, 15) is 28.0 Å². The van der Waals surface area contributed by atoms with Crippen LogP contribution in [0.4, 0.5) is 8.78 Å². The summed E-state index contributed by atoms with van der Waals surface area (Å²) in [5.41, 5.74) is 0. The van der Waals surface area contributed by atoms with Crippen molar-refractivity contribution in [3.8, 4) is 0 Å². The van der Waals surface area contributed by atoms with E-state index in [1.54, 1.807) is 0 Å². The summed E-state index contributed by atoms with van der Waals surface area (Å²) >= 11 is 0. The van der Waals surface area contributed by atoms with Gasteiger partial charge in [0.25, 0.3) is 5.91 Å². The van der Waals surface area contributed by atoms with E-state index in [4.69, 9.17) is 4.74 Å². The van der Waals surface area contributed by atoms with Gasteiger partial charge in [0.15, 0.2) is 0 Å². The monoisotopic (exact) mass is 385 g/mol. The molecule has 0 spiro atoms. The van der Waals surface area contributed by atoms with Crippen molar-refractivity contribution in [3.05, 3.63) is 0 Å². The number of hydrogen-bond acceptors (Lipinski definition) is 5. The normalized spacial score (nSPS) is 36.3. The molecule has 2 bridgehead atoms. The number of fused-ring (bicyclic) bond motifs is 5. The topological polar surface area (TPSA) is 96.0 Å². The zero-order valence-electron chi connectivity index (χ0n) is 14.8. The molecular formula is C17H21F2N3O5. The van der Waals surface area contributed by atoms with Gasteiger partial charge in [0, 0.05) is 13.1 Å². The summed E-state index contributed by atoms with van der Waals surface area (Å²) in [6.45, 7) is 0.341. The summed E-state index contributed by atoms with van der Waals surface area (Å²) in [5.74, 6) is -7.98. The predicted octanol–water partition coefficient (Wildman–Crippen LogP) is -0.479. The van der Waals surface area contributed by atoms with Crippen LogP contribution in [0.2, 0.25) is 0 Å². The van der Waals surface area contributed by atoms with Gasteiger partial charge in [-0.15, -0.1) is 0 Å². The number of hydrogen-bond donors (Lipinski definition) is 1. The lowest BCUT2D eigenvalue weighted by molar-refractivity contribution is -0.160. The number of amides is 4. The molecule has 0 aromatic heterocycles. The summed E-state index contributed by atoms with van der Waals surface area (Å²) in [7, 11) is 0. The van der Waals surface area contributed by atoms with Crippen LogP contribution in [0, 0.1) is 11.8 Å². The number of carbonyl (C=O) groups excluding carboxylic acids is 4. The van der Waals surface area contributed by atoms with E-state index in [1.807, 2.05) is 0 Å². The summed E-state index contributed by atoms with van der Waals surface area (Å²) in [4.78, 5) is 51.6. The third-order valence-corrected chi connectivity index (χ3v) is 5.99. The molecule has 27 heavy (non-hydrogen) atoms. The zero-order valence-corrected chi connectivity index (χ0v) is 14.8. The third kappa shape index (κ3) is 2.72. The number of likely N-dealkylation sites (tertiary alicyclic amines) is 1. The molecule has 4 amide bonds. The van der Waals surface area contributed by atoms with Gasteiger partial charge in [-0.2, -0.15) is 8.78 Å². The van der Waals surface area contributed by atoms with Crippen LogP contribution in [0.25, 0.3) is 0 Å². The number of nitrogens with zero attached hydrogens (tertiary/aromatic N) is 2. The highest BCUT2D eigenvalue weighted by molar-refractivity contribution is 6.09. The fourth-order valence-corrected chi connectivity index (χ4v) is 4.67. The molecule has 0 aromatic carbocycles. The molecule has 8 nitrogen and oxygen atoms in total. The number of imide groups is 1. The Kier molecular flexibility index (Phi) is 4.21. The molecule has 0 aromatic rings. The van der Waals surface area contributed by atoms with Crippen LogP contribution in [-0.4, -0.2) is 77.2 Å². The molecule has 4 heterocycles. The minimum atomic E-state index is -3.72. The molecule has 4 fully saturated rings. The summed E-state index contributed by atoms with van der Waals surface area (Å²) in [5, 5.41) is 2.12. The standard InChI is InChI=1S/C17H21F2N3O5/c1-8(13(23)21-6-2-5-20-16(26)17(18,19)7-21)22-14(24)11-9-3-4-10(27-9)12(11)15(22)25/h8-12H,2-7H2,1H3,(H,20,26). The Morgan fingerprint density at radius 1 is 1.19 bits per heavy atom. The van der Waals surface area contributed by atoms with E-state index in [0.29, 0.717) is 19.3 Å². The Morgan fingerprint density at radius 3 is 2.37 bits per heavy atom. The Bertz CT molecular complexity index is 687. The smallest absolute Gasteiger partial charge is 0.341 e. The molecule has 0 aliphatic carbocycles. The number of rotatable bonds is 2. The van der Waals surface area contributed by atoms with Crippen LogP contribution in [0.5, 0.6) is 0 Å². The van der Waals surface area contributed by atoms with Gasteiger partial charge in [-0.25, -0.2) is 0 Å². The quantitative estimate of drug-likeness (QED) is 0.648. The maximum atomic E-state index is 14.0. The number of nitrogens with one attached hydrogen (secondary N) is 1. The Morgan fingerprint density at radius 2 is 1.78 bits per heavy atom. The van der Waals surface area contributed by atoms with E-state index < -0.39 is 54.0 Å². The zero-order chi connectivity index (χ0) is 19.5. The average molecular weight is 385 g/mol. The maximum Gasteiger partial charge on any atom is 0.341 e. The number of carbonyl (C=O) groups is 4. The SMILES string of the molecule is CC(C(=O)N1CCCNC(=O)C(F)(F)C1)N1C(=O)C2C3CCC(O3)C2C1=O. The molecule has 4 saturated heterocycles. The van der Waals surface area contributed by atoms with Crippen LogP contribution >= 0.6 is 0 Å². The molecule has 0 saturated carbocycles. The fourth-order valence-electron chi connectivity index (χ4n) is 4.67. The molecule has 4 aliphatic rings. The Hall–Kier alpha value is -2.10. The molecule has 5 atom stereocenters. The molecular weight excluding hydrogens is 364 g/mol. The van der Waals surface area contributed by atoms with Crippen LogP contribution in [0.15, 0.2) is 0 Å². The minimum Gasteiger partial charge on any atom is -0.373 e. The van der Waals surface area contributed by atoms with Gasteiger partial charge >= 0.3 is 5.92 Å². The lowest BCUT2D eigenvalue weighted by Crippen LogP contribution is -2.57. The highest BCUT2D eigenvalue weighted by atomic mass is 19.3. The van der Waals surface area contributed by atoms with Crippen molar-refractivity contribution in [2.75, 3.05) is 19.6 Å². The van der Waals surface area contributed by atoms with Gasteiger partial charge in [-0.3, -0.25) is 24.1 Å². The van der Waals surface area contributed by atoms with Crippen molar-refractivity contribution in [2.24, 2.45) is 11.8 Å². The van der Waals surface area contributed by atoms with Gasteiger partial charge < -0.3 is 15.0 Å². The minimum absolute atomic E-state index is 0.0104. The Balaban J connectivity index is 1.53. The van der Waals surface area contributed by atoms with Gasteiger partial charge in [0.2, 0.25) is 17.7 Å². The molecule has 4 rings (SSSR count). The van der Waals surface area contributed by atoms with Gasteiger partial charge in [0.1, 0.15) is 6.04 Å². The van der Waals surface area contributed by atoms with E-state index in [2.05, 4.69) is 5.32 Å². The highest BCUT2D eigenvalue weighted by Crippen LogP contribution is 2.49. The lowest BCUT2D eigenvalue weighted by atomic mass is 9.81. The first-order valence-electron chi connectivity index (χ1n) is 9.19.